The fourth-order valence-electron chi connectivity index (χ4n) is 4.19. The molecule has 108 valence electrons. The molecule has 4 rings (SSSR count). The van der Waals surface area contributed by atoms with Crippen LogP contribution >= 0.6 is 31.9 Å². The first-order chi connectivity index (χ1) is 9.31. The van der Waals surface area contributed by atoms with Crippen molar-refractivity contribution in [2.75, 3.05) is 0 Å². The number of fused-ring (bicyclic) bond motifs is 2. The van der Waals surface area contributed by atoms with Gasteiger partial charge in [-0.15, -0.1) is 6.58 Å². The van der Waals surface area contributed by atoms with E-state index in [0.29, 0.717) is 23.4 Å². The first-order valence-electron chi connectivity index (χ1n) is 7.19. The van der Waals surface area contributed by atoms with E-state index in [-0.39, 0.29) is 0 Å². The second kappa shape index (κ2) is 4.96. The molecular formula is C17H21Br2N. The fourth-order valence-corrected chi connectivity index (χ4v) is 5.41. The maximum atomic E-state index is 4.12. The Hall–Kier alpha value is -0.120. The van der Waals surface area contributed by atoms with Gasteiger partial charge in [0.15, 0.2) is 0 Å². The minimum absolute atomic E-state index is 0.326. The van der Waals surface area contributed by atoms with Crippen LogP contribution in [0.1, 0.15) is 56.7 Å². The third-order valence-electron chi connectivity index (χ3n) is 4.80. The van der Waals surface area contributed by atoms with Crippen molar-refractivity contribution in [1.29, 1.82) is 0 Å². The van der Waals surface area contributed by atoms with Crippen LogP contribution in [0.4, 0.5) is 0 Å². The molecule has 3 unspecified atom stereocenters. The molecule has 20 heavy (non-hydrogen) atoms. The summed E-state index contributed by atoms with van der Waals surface area (Å²) in [5.74, 6) is 0.533. The third kappa shape index (κ3) is 2.22. The van der Waals surface area contributed by atoms with Gasteiger partial charge in [0, 0.05) is 26.9 Å². The number of benzene rings is 1. The van der Waals surface area contributed by atoms with E-state index >= 15 is 0 Å². The van der Waals surface area contributed by atoms with Gasteiger partial charge in [0.1, 0.15) is 0 Å². The lowest BCUT2D eigenvalue weighted by Crippen LogP contribution is -2.54. The Balaban J connectivity index is 2.16. The highest BCUT2D eigenvalue weighted by molar-refractivity contribution is 9.11. The Morgan fingerprint density at radius 2 is 1.90 bits per heavy atom. The zero-order valence-corrected chi connectivity index (χ0v) is 15.4. The van der Waals surface area contributed by atoms with Crippen molar-refractivity contribution >= 4 is 31.9 Å². The summed E-state index contributed by atoms with van der Waals surface area (Å²) < 4.78 is 2.49. The van der Waals surface area contributed by atoms with Gasteiger partial charge in [0.05, 0.1) is 0 Å². The summed E-state index contributed by atoms with van der Waals surface area (Å²) in [6.45, 7) is 11.1. The van der Waals surface area contributed by atoms with Gasteiger partial charge in [0.25, 0.3) is 0 Å². The van der Waals surface area contributed by atoms with Crippen molar-refractivity contribution in [3.05, 3.63) is 44.4 Å². The zero-order valence-electron chi connectivity index (χ0n) is 12.3. The molecule has 0 radical (unpaired) electrons. The van der Waals surface area contributed by atoms with Crippen molar-refractivity contribution in [3.8, 4) is 0 Å². The summed E-state index contributed by atoms with van der Waals surface area (Å²) in [5, 5.41) is 3.85. The van der Waals surface area contributed by atoms with E-state index in [0.717, 1.165) is 6.42 Å². The monoisotopic (exact) mass is 397 g/mol. The molecule has 1 nitrogen and oxygen atoms in total. The molecule has 1 fully saturated rings. The molecule has 3 atom stereocenters. The molecule has 0 saturated carbocycles. The van der Waals surface area contributed by atoms with Gasteiger partial charge >= 0.3 is 0 Å². The molecule has 0 aromatic heterocycles. The van der Waals surface area contributed by atoms with Crippen LogP contribution in [-0.2, 0) is 0 Å². The lowest BCUT2D eigenvalue weighted by atomic mass is 9.58. The molecule has 0 spiro atoms. The number of rotatable bonds is 2. The minimum Gasteiger partial charge on any atom is -0.306 e. The van der Waals surface area contributed by atoms with Crippen LogP contribution in [0, 0.1) is 5.41 Å². The van der Waals surface area contributed by atoms with E-state index in [1.54, 1.807) is 0 Å². The van der Waals surface area contributed by atoms with Crippen molar-refractivity contribution in [2.24, 2.45) is 5.41 Å². The highest BCUT2D eigenvalue weighted by atomic mass is 79.9. The summed E-state index contributed by atoms with van der Waals surface area (Å²) in [4.78, 5) is 0. The number of piperidine rings is 1. The van der Waals surface area contributed by atoms with E-state index in [4.69, 9.17) is 0 Å². The standard InChI is InChI=1S/C17H21Br2N/c1-9(2)7-12-16-15-11(19)6-5-10(18)14(15)13(20-12)8-17(16,3)4/h5-6,12-13,16,20H,1,7-8H2,2-4H3. The Kier molecular flexibility index (Phi) is 3.67. The average molecular weight is 399 g/mol. The molecule has 1 aromatic carbocycles. The Bertz CT molecular complexity index is 577. The Morgan fingerprint density at radius 1 is 1.30 bits per heavy atom. The second-order valence-electron chi connectivity index (χ2n) is 7.01. The van der Waals surface area contributed by atoms with Crippen molar-refractivity contribution in [1.82, 2.24) is 5.32 Å². The molecule has 2 aliphatic heterocycles. The van der Waals surface area contributed by atoms with Crippen LogP contribution in [-0.4, -0.2) is 6.04 Å². The van der Waals surface area contributed by atoms with Crippen LogP contribution in [0.3, 0.4) is 0 Å². The summed E-state index contributed by atoms with van der Waals surface area (Å²) in [6.07, 6.45) is 2.26. The molecule has 3 heteroatoms. The summed E-state index contributed by atoms with van der Waals surface area (Å²) in [5.41, 5.74) is 4.55. The minimum atomic E-state index is 0.326. The number of halogens is 2. The third-order valence-corrected chi connectivity index (χ3v) is 6.18. The summed E-state index contributed by atoms with van der Waals surface area (Å²) >= 11 is 7.54. The summed E-state index contributed by atoms with van der Waals surface area (Å²) in [7, 11) is 0. The van der Waals surface area contributed by atoms with E-state index < -0.39 is 0 Å². The molecule has 0 amide bonds. The van der Waals surface area contributed by atoms with Gasteiger partial charge in [0.2, 0.25) is 0 Å². The lowest BCUT2D eigenvalue weighted by molar-refractivity contribution is 0.102. The Labute approximate surface area is 138 Å². The van der Waals surface area contributed by atoms with E-state index in [1.807, 2.05) is 0 Å². The largest absolute Gasteiger partial charge is 0.306 e. The van der Waals surface area contributed by atoms with Crippen molar-refractivity contribution in [2.45, 2.75) is 51.6 Å². The highest BCUT2D eigenvalue weighted by Crippen LogP contribution is 2.58. The average Bonchev–Trinajstić information content (AvgIpc) is 2.31. The molecule has 2 heterocycles. The number of hydrogen-bond acceptors (Lipinski definition) is 1. The van der Waals surface area contributed by atoms with Crippen molar-refractivity contribution in [3.63, 3.8) is 0 Å². The molecule has 1 aromatic rings. The van der Waals surface area contributed by atoms with Gasteiger partial charge in [-0.1, -0.05) is 51.3 Å². The van der Waals surface area contributed by atoms with Crippen LogP contribution < -0.4 is 5.32 Å². The first kappa shape index (κ1) is 14.8. The molecule has 1 saturated heterocycles. The molecule has 1 aliphatic carbocycles. The topological polar surface area (TPSA) is 12.0 Å². The van der Waals surface area contributed by atoms with Gasteiger partial charge in [-0.25, -0.2) is 0 Å². The second-order valence-corrected chi connectivity index (χ2v) is 8.72. The fraction of sp³-hybridized carbons (Fsp3) is 0.529. The number of nitrogens with one attached hydrogen (secondary N) is 1. The predicted molar refractivity (Wildman–Crippen MR) is 92.1 cm³/mol. The molecular weight excluding hydrogens is 378 g/mol. The van der Waals surface area contributed by atoms with Crippen LogP contribution in [0.25, 0.3) is 0 Å². The maximum Gasteiger partial charge on any atom is 0.0342 e. The zero-order chi connectivity index (χ0) is 14.7. The van der Waals surface area contributed by atoms with Crippen LogP contribution in [0.2, 0.25) is 0 Å². The SMILES string of the molecule is C=C(C)CC1NC2CC(C)(C)C1c1c(Br)ccc(Br)c12. The van der Waals surface area contributed by atoms with E-state index in [9.17, 15) is 0 Å². The molecule has 2 bridgehead atoms. The normalized spacial score (nSPS) is 30.1. The van der Waals surface area contributed by atoms with Gasteiger partial charge in [-0.05, 0) is 48.4 Å². The van der Waals surface area contributed by atoms with E-state index in [2.05, 4.69) is 76.7 Å². The van der Waals surface area contributed by atoms with E-state index in [1.165, 1.54) is 32.1 Å². The van der Waals surface area contributed by atoms with Crippen molar-refractivity contribution < 1.29 is 0 Å². The highest BCUT2D eigenvalue weighted by Gasteiger charge is 2.50. The first-order valence-corrected chi connectivity index (χ1v) is 8.78. The maximum absolute atomic E-state index is 4.12. The van der Waals surface area contributed by atoms with Crippen LogP contribution in [0.15, 0.2) is 33.2 Å². The van der Waals surface area contributed by atoms with Crippen LogP contribution in [0.5, 0.6) is 0 Å². The van der Waals surface area contributed by atoms with Gasteiger partial charge < -0.3 is 5.32 Å². The van der Waals surface area contributed by atoms with Gasteiger partial charge in [-0.2, -0.15) is 0 Å². The lowest BCUT2D eigenvalue weighted by Gasteiger charge is -2.55. The summed E-state index contributed by atoms with van der Waals surface area (Å²) in [6, 6.07) is 5.28. The molecule has 1 N–H and O–H groups in total. The smallest absolute Gasteiger partial charge is 0.0342 e. The quantitative estimate of drug-likeness (QED) is 0.629. The predicted octanol–water partition coefficient (Wildman–Crippen LogP) is 5.70. The van der Waals surface area contributed by atoms with Gasteiger partial charge in [-0.3, -0.25) is 0 Å². The molecule has 3 aliphatic rings. The Morgan fingerprint density at radius 3 is 2.50 bits per heavy atom. The number of hydrogen-bond donors (Lipinski definition) is 1.